The first-order valence-electron chi connectivity index (χ1n) is 6.10. The van der Waals surface area contributed by atoms with Gasteiger partial charge in [-0.05, 0) is 30.3 Å². The molecule has 3 nitrogen and oxygen atoms in total. The van der Waals surface area contributed by atoms with Crippen molar-refractivity contribution in [2.45, 2.75) is 6.61 Å². The number of benzene rings is 2. The van der Waals surface area contributed by atoms with Crippen LogP contribution in [0.1, 0.15) is 5.56 Å². The molecule has 5 heteroatoms. The SMILES string of the molecule is OCc1c(Cl)cccc1OCCOc1cccc(Br)c1. The molecule has 0 amide bonds. The van der Waals surface area contributed by atoms with Gasteiger partial charge in [-0.25, -0.2) is 0 Å². The van der Waals surface area contributed by atoms with Crippen molar-refractivity contribution in [3.63, 3.8) is 0 Å². The van der Waals surface area contributed by atoms with Gasteiger partial charge in [0, 0.05) is 15.1 Å². The fourth-order valence-electron chi connectivity index (χ4n) is 1.70. The van der Waals surface area contributed by atoms with Crippen molar-refractivity contribution in [1.82, 2.24) is 0 Å². The second kappa shape index (κ2) is 7.53. The Bertz CT molecular complexity index is 575. The number of aliphatic hydroxyl groups is 1. The van der Waals surface area contributed by atoms with Crippen LogP contribution in [0.3, 0.4) is 0 Å². The maximum atomic E-state index is 9.26. The van der Waals surface area contributed by atoms with Gasteiger partial charge in [-0.2, -0.15) is 0 Å². The van der Waals surface area contributed by atoms with Gasteiger partial charge in [-0.3, -0.25) is 0 Å². The molecule has 0 unspecified atom stereocenters. The third kappa shape index (κ3) is 4.13. The Morgan fingerprint density at radius 2 is 1.80 bits per heavy atom. The van der Waals surface area contributed by atoms with Gasteiger partial charge in [0.2, 0.25) is 0 Å². The second-order valence-corrected chi connectivity index (χ2v) is 5.35. The second-order valence-electron chi connectivity index (χ2n) is 4.03. The Morgan fingerprint density at radius 3 is 2.55 bits per heavy atom. The zero-order valence-corrected chi connectivity index (χ0v) is 13.0. The molecular formula is C15H14BrClO3. The Hall–Kier alpha value is -1.23. The normalized spacial score (nSPS) is 10.3. The van der Waals surface area contributed by atoms with Crippen LogP contribution in [0.15, 0.2) is 46.9 Å². The number of aliphatic hydroxyl groups excluding tert-OH is 1. The summed E-state index contributed by atoms with van der Waals surface area (Å²) in [5.41, 5.74) is 0.594. The first kappa shape index (κ1) is 15.2. The Morgan fingerprint density at radius 1 is 1.05 bits per heavy atom. The summed E-state index contributed by atoms with van der Waals surface area (Å²) in [6.07, 6.45) is 0. The molecule has 0 atom stereocenters. The molecule has 0 aliphatic heterocycles. The number of rotatable bonds is 6. The molecule has 0 radical (unpaired) electrons. The molecule has 0 fully saturated rings. The highest BCUT2D eigenvalue weighted by atomic mass is 79.9. The van der Waals surface area contributed by atoms with E-state index in [0.29, 0.717) is 29.5 Å². The lowest BCUT2D eigenvalue weighted by Crippen LogP contribution is -2.10. The smallest absolute Gasteiger partial charge is 0.126 e. The van der Waals surface area contributed by atoms with Crippen LogP contribution >= 0.6 is 27.5 Å². The molecule has 0 saturated carbocycles. The van der Waals surface area contributed by atoms with Gasteiger partial charge in [0.25, 0.3) is 0 Å². The lowest BCUT2D eigenvalue weighted by molar-refractivity contribution is 0.210. The van der Waals surface area contributed by atoms with Gasteiger partial charge in [-0.15, -0.1) is 0 Å². The molecular weight excluding hydrogens is 344 g/mol. The number of ether oxygens (including phenoxy) is 2. The molecule has 0 aliphatic rings. The summed E-state index contributed by atoms with van der Waals surface area (Å²) in [6, 6.07) is 12.9. The average molecular weight is 358 g/mol. The maximum Gasteiger partial charge on any atom is 0.126 e. The van der Waals surface area contributed by atoms with Gasteiger partial charge >= 0.3 is 0 Å². The standard InChI is InChI=1S/C15H14BrClO3/c16-11-3-1-4-12(9-11)19-7-8-20-15-6-2-5-14(17)13(15)10-18/h1-6,9,18H,7-8,10H2. The highest BCUT2D eigenvalue weighted by Crippen LogP contribution is 2.26. The van der Waals surface area contributed by atoms with Crippen LogP contribution in [0.2, 0.25) is 5.02 Å². The quantitative estimate of drug-likeness (QED) is 0.793. The summed E-state index contributed by atoms with van der Waals surface area (Å²) < 4.78 is 12.1. The minimum Gasteiger partial charge on any atom is -0.490 e. The van der Waals surface area contributed by atoms with Crippen molar-refractivity contribution in [2.75, 3.05) is 13.2 Å². The maximum absolute atomic E-state index is 9.26. The van der Waals surface area contributed by atoms with Crippen LogP contribution in [0.5, 0.6) is 11.5 Å². The predicted molar refractivity (Wildman–Crippen MR) is 82.5 cm³/mol. The average Bonchev–Trinajstić information content (AvgIpc) is 2.44. The van der Waals surface area contributed by atoms with E-state index in [2.05, 4.69) is 15.9 Å². The van der Waals surface area contributed by atoms with E-state index < -0.39 is 0 Å². The Kier molecular flexibility index (Phi) is 5.71. The van der Waals surface area contributed by atoms with Crippen LogP contribution in [-0.2, 0) is 6.61 Å². The van der Waals surface area contributed by atoms with E-state index >= 15 is 0 Å². The highest BCUT2D eigenvalue weighted by molar-refractivity contribution is 9.10. The van der Waals surface area contributed by atoms with Crippen molar-refractivity contribution in [2.24, 2.45) is 0 Å². The van der Waals surface area contributed by atoms with Gasteiger partial charge in [0.05, 0.1) is 6.61 Å². The fourth-order valence-corrected chi connectivity index (χ4v) is 2.30. The summed E-state index contributed by atoms with van der Waals surface area (Å²) in [5, 5.41) is 9.76. The third-order valence-corrected chi connectivity index (χ3v) is 3.49. The molecule has 0 bridgehead atoms. The number of hydrogen-bond donors (Lipinski definition) is 1. The fraction of sp³-hybridized carbons (Fsp3) is 0.200. The van der Waals surface area contributed by atoms with Gasteiger partial charge in [0.1, 0.15) is 24.7 Å². The van der Waals surface area contributed by atoms with E-state index in [4.69, 9.17) is 21.1 Å². The van der Waals surface area contributed by atoms with Crippen molar-refractivity contribution >= 4 is 27.5 Å². The van der Waals surface area contributed by atoms with E-state index in [1.807, 2.05) is 24.3 Å². The van der Waals surface area contributed by atoms with Crippen molar-refractivity contribution in [3.05, 3.63) is 57.5 Å². The van der Waals surface area contributed by atoms with Crippen LogP contribution in [0.25, 0.3) is 0 Å². The highest BCUT2D eigenvalue weighted by Gasteiger charge is 2.06. The van der Waals surface area contributed by atoms with Gasteiger partial charge in [-0.1, -0.05) is 39.7 Å². The van der Waals surface area contributed by atoms with Crippen LogP contribution in [0, 0.1) is 0 Å². The molecule has 0 saturated heterocycles. The first-order valence-corrected chi connectivity index (χ1v) is 7.27. The van der Waals surface area contributed by atoms with Crippen molar-refractivity contribution < 1.29 is 14.6 Å². The van der Waals surface area contributed by atoms with Gasteiger partial charge < -0.3 is 14.6 Å². The number of hydrogen-bond acceptors (Lipinski definition) is 3. The molecule has 0 aliphatic carbocycles. The molecule has 0 heterocycles. The van der Waals surface area contributed by atoms with Crippen LogP contribution < -0.4 is 9.47 Å². The molecule has 1 N–H and O–H groups in total. The molecule has 2 aromatic carbocycles. The Labute approximate surface area is 131 Å². The van der Waals surface area contributed by atoms with E-state index in [-0.39, 0.29) is 6.61 Å². The van der Waals surface area contributed by atoms with Gasteiger partial charge in [0.15, 0.2) is 0 Å². The third-order valence-electron chi connectivity index (χ3n) is 2.64. The van der Waals surface area contributed by atoms with E-state index in [0.717, 1.165) is 10.2 Å². The van der Waals surface area contributed by atoms with Crippen LogP contribution in [0.4, 0.5) is 0 Å². The summed E-state index contributed by atoms with van der Waals surface area (Å²) in [6.45, 7) is 0.634. The molecule has 2 rings (SSSR count). The topological polar surface area (TPSA) is 38.7 Å². The first-order chi connectivity index (χ1) is 9.70. The molecule has 2 aromatic rings. The minimum atomic E-state index is -0.151. The minimum absolute atomic E-state index is 0.151. The lowest BCUT2D eigenvalue weighted by atomic mass is 10.2. The molecule has 0 aromatic heterocycles. The summed E-state index contributed by atoms with van der Waals surface area (Å²) >= 11 is 9.36. The summed E-state index contributed by atoms with van der Waals surface area (Å²) in [4.78, 5) is 0. The summed E-state index contributed by atoms with van der Waals surface area (Å²) in [7, 11) is 0. The lowest BCUT2D eigenvalue weighted by Gasteiger charge is -2.12. The zero-order valence-electron chi connectivity index (χ0n) is 10.7. The molecule has 106 valence electrons. The van der Waals surface area contributed by atoms with Crippen molar-refractivity contribution in [1.29, 1.82) is 0 Å². The predicted octanol–water partition coefficient (Wildman–Crippen LogP) is 4.05. The largest absolute Gasteiger partial charge is 0.490 e. The Balaban J connectivity index is 1.86. The molecule has 20 heavy (non-hydrogen) atoms. The monoisotopic (exact) mass is 356 g/mol. The number of halogens is 2. The summed E-state index contributed by atoms with van der Waals surface area (Å²) in [5.74, 6) is 1.36. The van der Waals surface area contributed by atoms with E-state index in [9.17, 15) is 5.11 Å². The molecule has 0 spiro atoms. The van der Waals surface area contributed by atoms with E-state index in [1.165, 1.54) is 0 Å². The van der Waals surface area contributed by atoms with E-state index in [1.54, 1.807) is 18.2 Å². The zero-order chi connectivity index (χ0) is 14.4. The van der Waals surface area contributed by atoms with Crippen LogP contribution in [-0.4, -0.2) is 18.3 Å². The van der Waals surface area contributed by atoms with Crippen molar-refractivity contribution in [3.8, 4) is 11.5 Å².